The number of carbonyl (C=O) groups excluding carboxylic acids is 1. The number of nitrogens with zero attached hydrogens (tertiary/aromatic N) is 2. The van der Waals surface area contributed by atoms with Gasteiger partial charge in [-0.3, -0.25) is 4.79 Å². The van der Waals surface area contributed by atoms with Gasteiger partial charge in [0, 0.05) is 18.7 Å². The average Bonchev–Trinajstić information content (AvgIpc) is 3.12. The molecule has 0 aliphatic carbocycles. The van der Waals surface area contributed by atoms with Gasteiger partial charge in [0.15, 0.2) is 4.80 Å². The molecular formula is C15H13ClN2O2S2. The Morgan fingerprint density at radius 2 is 2.27 bits per heavy atom. The Morgan fingerprint density at radius 3 is 3.00 bits per heavy atom. The summed E-state index contributed by atoms with van der Waals surface area (Å²) in [5, 5.41) is 2.54. The number of carbonyl (C=O) groups is 1. The van der Waals surface area contributed by atoms with Crippen molar-refractivity contribution in [3.63, 3.8) is 0 Å². The van der Waals surface area contributed by atoms with Gasteiger partial charge in [0.2, 0.25) is 0 Å². The number of thiazole rings is 1. The smallest absolute Gasteiger partial charge is 0.289 e. The lowest BCUT2D eigenvalue weighted by molar-refractivity contribution is 0.100. The molecule has 7 heteroatoms. The summed E-state index contributed by atoms with van der Waals surface area (Å²) in [5.74, 6) is -0.223. The number of methoxy groups -OCH3 is 1. The molecule has 0 N–H and O–H groups in total. The normalized spacial score (nSPS) is 12.2. The average molecular weight is 353 g/mol. The number of fused-ring (bicyclic) bond motifs is 1. The zero-order valence-electron chi connectivity index (χ0n) is 11.8. The quantitative estimate of drug-likeness (QED) is 0.716. The lowest BCUT2D eigenvalue weighted by atomic mass is 10.3. The third kappa shape index (κ3) is 3.15. The second kappa shape index (κ2) is 6.75. The van der Waals surface area contributed by atoms with Crippen molar-refractivity contribution in [2.24, 2.45) is 4.99 Å². The lowest BCUT2D eigenvalue weighted by Crippen LogP contribution is -2.19. The highest BCUT2D eigenvalue weighted by Gasteiger charge is 2.10. The van der Waals surface area contributed by atoms with Crippen molar-refractivity contribution < 1.29 is 9.53 Å². The molecule has 0 aliphatic heterocycles. The minimum Gasteiger partial charge on any atom is -0.383 e. The Kier molecular flexibility index (Phi) is 4.73. The van der Waals surface area contributed by atoms with E-state index < -0.39 is 0 Å². The number of hydrogen-bond acceptors (Lipinski definition) is 4. The summed E-state index contributed by atoms with van der Waals surface area (Å²) in [6, 6.07) is 9.29. The first-order valence-corrected chi connectivity index (χ1v) is 8.67. The molecule has 0 aliphatic rings. The monoisotopic (exact) mass is 352 g/mol. The van der Waals surface area contributed by atoms with Crippen LogP contribution in [0.15, 0.2) is 40.7 Å². The number of halogens is 1. The minimum atomic E-state index is -0.223. The van der Waals surface area contributed by atoms with Gasteiger partial charge in [0.1, 0.15) is 0 Å². The minimum absolute atomic E-state index is 0.223. The molecule has 3 aromatic rings. The van der Waals surface area contributed by atoms with E-state index in [1.165, 1.54) is 22.7 Å². The van der Waals surface area contributed by atoms with Crippen LogP contribution in [0.2, 0.25) is 5.02 Å². The molecule has 0 radical (unpaired) electrons. The molecule has 3 rings (SSSR count). The van der Waals surface area contributed by atoms with Crippen molar-refractivity contribution in [2.75, 3.05) is 13.7 Å². The van der Waals surface area contributed by atoms with E-state index >= 15 is 0 Å². The van der Waals surface area contributed by atoms with Crippen molar-refractivity contribution in [1.29, 1.82) is 0 Å². The number of rotatable bonds is 4. The van der Waals surface area contributed by atoms with E-state index in [1.807, 2.05) is 34.2 Å². The van der Waals surface area contributed by atoms with Gasteiger partial charge in [-0.15, -0.1) is 11.3 Å². The van der Waals surface area contributed by atoms with E-state index in [1.54, 1.807) is 13.2 Å². The predicted molar refractivity (Wildman–Crippen MR) is 90.9 cm³/mol. The zero-order valence-corrected chi connectivity index (χ0v) is 14.2. The molecule has 2 aromatic heterocycles. The van der Waals surface area contributed by atoms with Gasteiger partial charge in [-0.2, -0.15) is 4.99 Å². The van der Waals surface area contributed by atoms with Crippen molar-refractivity contribution >= 4 is 50.4 Å². The fourth-order valence-electron chi connectivity index (χ4n) is 2.07. The molecule has 1 aromatic carbocycles. The molecule has 2 heterocycles. The molecule has 0 saturated heterocycles. The van der Waals surface area contributed by atoms with Gasteiger partial charge < -0.3 is 9.30 Å². The van der Waals surface area contributed by atoms with Crippen molar-refractivity contribution in [3.8, 4) is 0 Å². The number of thiophene rings is 1. The van der Waals surface area contributed by atoms with Crippen LogP contribution in [0.5, 0.6) is 0 Å². The van der Waals surface area contributed by atoms with Crippen LogP contribution in [0.1, 0.15) is 9.67 Å². The number of benzene rings is 1. The molecule has 114 valence electrons. The van der Waals surface area contributed by atoms with Gasteiger partial charge in [-0.1, -0.05) is 29.0 Å². The van der Waals surface area contributed by atoms with Crippen LogP contribution in [0.25, 0.3) is 10.2 Å². The third-order valence-corrected chi connectivity index (χ3v) is 5.23. The zero-order chi connectivity index (χ0) is 15.5. The van der Waals surface area contributed by atoms with Crippen LogP contribution in [0.4, 0.5) is 0 Å². The van der Waals surface area contributed by atoms with Crippen molar-refractivity contribution in [2.45, 2.75) is 6.54 Å². The van der Waals surface area contributed by atoms with Crippen LogP contribution in [-0.4, -0.2) is 24.2 Å². The van der Waals surface area contributed by atoms with Crippen LogP contribution in [0, 0.1) is 0 Å². The molecule has 1 amide bonds. The predicted octanol–water partition coefficient (Wildman–Crippen LogP) is 3.81. The van der Waals surface area contributed by atoms with Crippen LogP contribution < -0.4 is 4.80 Å². The van der Waals surface area contributed by atoms with E-state index in [-0.39, 0.29) is 5.91 Å². The Bertz CT molecular complexity index is 865. The largest absolute Gasteiger partial charge is 0.383 e. The molecule has 0 saturated carbocycles. The van der Waals surface area contributed by atoms with E-state index in [2.05, 4.69) is 4.99 Å². The fraction of sp³-hybridized carbons (Fsp3) is 0.200. The van der Waals surface area contributed by atoms with Gasteiger partial charge in [-0.05, 0) is 29.6 Å². The van der Waals surface area contributed by atoms with E-state index in [4.69, 9.17) is 16.3 Å². The maximum atomic E-state index is 12.2. The highest BCUT2D eigenvalue weighted by molar-refractivity contribution is 7.16. The van der Waals surface area contributed by atoms with Gasteiger partial charge in [0.25, 0.3) is 5.91 Å². The molecule has 0 atom stereocenters. The van der Waals surface area contributed by atoms with Crippen LogP contribution in [0.3, 0.4) is 0 Å². The standard InChI is InChI=1S/C15H13ClN2O2S2/c1-20-7-6-18-11-5-4-10(16)9-13(11)22-15(18)17-14(19)12-3-2-8-21-12/h2-5,8-9H,6-7H2,1H3. The maximum absolute atomic E-state index is 12.2. The molecule has 0 fully saturated rings. The summed E-state index contributed by atoms with van der Waals surface area (Å²) in [5.41, 5.74) is 1.00. The lowest BCUT2D eigenvalue weighted by Gasteiger charge is -2.04. The van der Waals surface area contributed by atoms with E-state index in [9.17, 15) is 4.79 Å². The topological polar surface area (TPSA) is 43.6 Å². The number of aromatic nitrogens is 1. The molecule has 22 heavy (non-hydrogen) atoms. The summed E-state index contributed by atoms with van der Waals surface area (Å²) in [6.07, 6.45) is 0. The second-order valence-corrected chi connectivity index (χ2v) is 6.93. The van der Waals surface area contributed by atoms with Gasteiger partial charge in [0.05, 0.1) is 21.7 Å². The summed E-state index contributed by atoms with van der Waals surface area (Å²) < 4.78 is 8.15. The van der Waals surface area contributed by atoms with Gasteiger partial charge in [-0.25, -0.2) is 0 Å². The SMILES string of the molecule is COCCn1c(=NC(=O)c2cccs2)sc2cc(Cl)ccc21. The summed E-state index contributed by atoms with van der Waals surface area (Å²) >= 11 is 8.89. The second-order valence-electron chi connectivity index (χ2n) is 4.54. The Hall–Kier alpha value is -1.47. The van der Waals surface area contributed by atoms with Crippen molar-refractivity contribution in [1.82, 2.24) is 4.57 Å². The first-order chi connectivity index (χ1) is 10.7. The molecule has 0 spiro atoms. The number of hydrogen-bond donors (Lipinski definition) is 0. The summed E-state index contributed by atoms with van der Waals surface area (Å²) in [6.45, 7) is 1.18. The van der Waals surface area contributed by atoms with E-state index in [0.29, 0.717) is 27.9 Å². The molecular weight excluding hydrogens is 340 g/mol. The van der Waals surface area contributed by atoms with Gasteiger partial charge >= 0.3 is 0 Å². The fourth-order valence-corrected chi connectivity index (χ4v) is 4.01. The molecule has 0 unspecified atom stereocenters. The third-order valence-electron chi connectivity index (χ3n) is 3.09. The first kappa shape index (κ1) is 15.4. The Morgan fingerprint density at radius 1 is 1.41 bits per heavy atom. The maximum Gasteiger partial charge on any atom is 0.289 e. The number of ether oxygens (including phenoxy) is 1. The first-order valence-electron chi connectivity index (χ1n) is 6.59. The van der Waals surface area contributed by atoms with E-state index in [0.717, 1.165) is 10.2 Å². The summed E-state index contributed by atoms with van der Waals surface area (Å²) in [7, 11) is 1.65. The Balaban J connectivity index is 2.12. The van der Waals surface area contributed by atoms with Crippen LogP contribution >= 0.6 is 34.3 Å². The highest BCUT2D eigenvalue weighted by atomic mass is 35.5. The van der Waals surface area contributed by atoms with Crippen molar-refractivity contribution in [3.05, 3.63) is 50.4 Å². The molecule has 0 bridgehead atoms. The number of amides is 1. The molecule has 4 nitrogen and oxygen atoms in total. The van der Waals surface area contributed by atoms with Crippen LogP contribution in [-0.2, 0) is 11.3 Å². The highest BCUT2D eigenvalue weighted by Crippen LogP contribution is 2.22. The summed E-state index contributed by atoms with van der Waals surface area (Å²) in [4.78, 5) is 17.8. The Labute approximate surface area is 140 Å².